The summed E-state index contributed by atoms with van der Waals surface area (Å²) >= 11 is 9.14. The van der Waals surface area contributed by atoms with Crippen molar-refractivity contribution >= 4 is 33.5 Å². The molecule has 16 heavy (non-hydrogen) atoms. The van der Waals surface area contributed by atoms with E-state index in [0.29, 0.717) is 11.6 Å². The third kappa shape index (κ3) is 4.26. The molecule has 0 heterocycles. The molecule has 0 spiro atoms. The highest BCUT2D eigenvalue weighted by Gasteiger charge is 1.98. The number of hydrogen-bond acceptors (Lipinski definition) is 2. The molecule has 0 aromatic heterocycles. The average molecular weight is 302 g/mol. The van der Waals surface area contributed by atoms with Crippen molar-refractivity contribution in [3.8, 4) is 11.8 Å². The molecule has 0 amide bonds. The van der Waals surface area contributed by atoms with Gasteiger partial charge in [-0.1, -0.05) is 23.4 Å². The number of rotatable bonds is 2. The molecular formula is C12H10BrClO2. The van der Waals surface area contributed by atoms with Gasteiger partial charge in [0.15, 0.2) is 0 Å². The van der Waals surface area contributed by atoms with E-state index >= 15 is 0 Å². The standard InChI is InChI=1S/C12H10BrClO2/c1-2-16-12(15)5-3-4-9-6-7-11(14)10(13)8-9/h6-8H,2,5H2,1H3. The van der Waals surface area contributed by atoms with Gasteiger partial charge in [0.05, 0.1) is 11.6 Å². The SMILES string of the molecule is CCOC(=O)CC#Cc1ccc(Cl)c(Br)c1. The Morgan fingerprint density at radius 2 is 2.31 bits per heavy atom. The van der Waals surface area contributed by atoms with Gasteiger partial charge < -0.3 is 4.74 Å². The summed E-state index contributed by atoms with van der Waals surface area (Å²) in [7, 11) is 0. The summed E-state index contributed by atoms with van der Waals surface area (Å²) in [6, 6.07) is 5.35. The Hall–Kier alpha value is -0.980. The summed E-state index contributed by atoms with van der Waals surface area (Å²) in [5.41, 5.74) is 0.806. The lowest BCUT2D eigenvalue weighted by Gasteiger charge is -1.96. The van der Waals surface area contributed by atoms with Crippen molar-refractivity contribution in [3.05, 3.63) is 33.3 Å². The first-order chi connectivity index (χ1) is 7.63. The molecule has 0 N–H and O–H groups in total. The highest BCUT2D eigenvalue weighted by Crippen LogP contribution is 2.22. The van der Waals surface area contributed by atoms with E-state index in [0.717, 1.165) is 10.0 Å². The fraction of sp³-hybridized carbons (Fsp3) is 0.250. The van der Waals surface area contributed by atoms with Gasteiger partial charge >= 0.3 is 5.97 Å². The molecule has 1 aromatic carbocycles. The topological polar surface area (TPSA) is 26.3 Å². The highest BCUT2D eigenvalue weighted by molar-refractivity contribution is 9.10. The first-order valence-electron chi connectivity index (χ1n) is 4.73. The van der Waals surface area contributed by atoms with E-state index in [1.165, 1.54) is 0 Å². The Bertz CT molecular complexity index is 446. The van der Waals surface area contributed by atoms with Gasteiger partial charge in [-0.25, -0.2) is 0 Å². The third-order valence-corrected chi connectivity index (χ3v) is 2.90. The van der Waals surface area contributed by atoms with Gasteiger partial charge in [-0.15, -0.1) is 0 Å². The van der Waals surface area contributed by atoms with Crippen LogP contribution in [0.3, 0.4) is 0 Å². The van der Waals surface area contributed by atoms with Gasteiger partial charge in [0.25, 0.3) is 0 Å². The Morgan fingerprint density at radius 3 is 2.94 bits per heavy atom. The normalized spacial score (nSPS) is 9.19. The van der Waals surface area contributed by atoms with Crippen LogP contribution in [0.2, 0.25) is 5.02 Å². The molecular weight excluding hydrogens is 291 g/mol. The van der Waals surface area contributed by atoms with Crippen LogP contribution < -0.4 is 0 Å². The first kappa shape index (κ1) is 13.1. The van der Waals surface area contributed by atoms with Crippen LogP contribution in [-0.4, -0.2) is 12.6 Å². The van der Waals surface area contributed by atoms with E-state index in [-0.39, 0.29) is 12.4 Å². The molecule has 0 unspecified atom stereocenters. The number of halogens is 2. The lowest BCUT2D eigenvalue weighted by molar-refractivity contribution is -0.141. The quantitative estimate of drug-likeness (QED) is 0.618. The van der Waals surface area contributed by atoms with E-state index in [1.54, 1.807) is 25.1 Å². The lowest BCUT2D eigenvalue weighted by Crippen LogP contribution is -2.01. The van der Waals surface area contributed by atoms with E-state index in [9.17, 15) is 4.79 Å². The van der Waals surface area contributed by atoms with E-state index in [1.807, 2.05) is 0 Å². The Kier molecular flexibility index (Phi) is 5.37. The maximum absolute atomic E-state index is 11.0. The summed E-state index contributed by atoms with van der Waals surface area (Å²) in [5, 5.41) is 0.635. The minimum Gasteiger partial charge on any atom is -0.465 e. The van der Waals surface area contributed by atoms with Crippen LogP contribution in [0.4, 0.5) is 0 Å². The number of ether oxygens (including phenoxy) is 1. The van der Waals surface area contributed by atoms with Crippen molar-refractivity contribution in [3.63, 3.8) is 0 Å². The molecule has 0 bridgehead atoms. The van der Waals surface area contributed by atoms with Crippen LogP contribution in [0.25, 0.3) is 0 Å². The monoisotopic (exact) mass is 300 g/mol. The maximum Gasteiger partial charge on any atom is 0.317 e. The van der Waals surface area contributed by atoms with Crippen molar-refractivity contribution in [1.82, 2.24) is 0 Å². The molecule has 0 radical (unpaired) electrons. The molecule has 1 aromatic rings. The van der Waals surface area contributed by atoms with Gasteiger partial charge in [0.1, 0.15) is 6.42 Å². The van der Waals surface area contributed by atoms with Crippen LogP contribution in [0.1, 0.15) is 18.9 Å². The van der Waals surface area contributed by atoms with Crippen molar-refractivity contribution in [1.29, 1.82) is 0 Å². The Morgan fingerprint density at radius 1 is 1.56 bits per heavy atom. The molecule has 0 saturated carbocycles. The number of esters is 1. The summed E-state index contributed by atoms with van der Waals surface area (Å²) in [6.07, 6.45) is 0.105. The molecule has 1 rings (SSSR count). The second-order valence-corrected chi connectivity index (χ2v) is 4.17. The van der Waals surface area contributed by atoms with Crippen molar-refractivity contribution in [2.45, 2.75) is 13.3 Å². The summed E-state index contributed by atoms with van der Waals surface area (Å²) in [4.78, 5) is 11.0. The second kappa shape index (κ2) is 6.57. The molecule has 0 aliphatic carbocycles. The molecule has 4 heteroatoms. The van der Waals surface area contributed by atoms with Gasteiger partial charge in [0.2, 0.25) is 0 Å². The average Bonchev–Trinajstić information content (AvgIpc) is 2.24. The minimum atomic E-state index is -0.303. The second-order valence-electron chi connectivity index (χ2n) is 2.91. The summed E-state index contributed by atoms with van der Waals surface area (Å²) < 4.78 is 5.54. The third-order valence-electron chi connectivity index (χ3n) is 1.69. The zero-order valence-electron chi connectivity index (χ0n) is 8.72. The number of carbonyl (C=O) groups is 1. The molecule has 2 nitrogen and oxygen atoms in total. The smallest absolute Gasteiger partial charge is 0.317 e. The predicted octanol–water partition coefficient (Wildman–Crippen LogP) is 3.41. The Labute approximate surface area is 108 Å². The molecule has 0 aliphatic rings. The van der Waals surface area contributed by atoms with Crippen LogP contribution in [0.15, 0.2) is 22.7 Å². The van der Waals surface area contributed by atoms with Crippen LogP contribution in [0.5, 0.6) is 0 Å². The summed E-state index contributed by atoms with van der Waals surface area (Å²) in [5.74, 6) is 5.30. The van der Waals surface area contributed by atoms with E-state index < -0.39 is 0 Å². The van der Waals surface area contributed by atoms with Gasteiger partial charge in [-0.3, -0.25) is 4.79 Å². The number of carbonyl (C=O) groups excluding carboxylic acids is 1. The predicted molar refractivity (Wildman–Crippen MR) is 67.3 cm³/mol. The van der Waals surface area contributed by atoms with Crippen molar-refractivity contribution in [2.75, 3.05) is 6.61 Å². The van der Waals surface area contributed by atoms with Crippen LogP contribution >= 0.6 is 27.5 Å². The molecule has 0 aliphatic heterocycles. The largest absolute Gasteiger partial charge is 0.465 e. The fourth-order valence-corrected chi connectivity index (χ4v) is 1.50. The van der Waals surface area contributed by atoms with Gasteiger partial charge in [0, 0.05) is 10.0 Å². The highest BCUT2D eigenvalue weighted by atomic mass is 79.9. The number of benzene rings is 1. The van der Waals surface area contributed by atoms with E-state index in [4.69, 9.17) is 16.3 Å². The minimum absolute atomic E-state index is 0.105. The zero-order chi connectivity index (χ0) is 12.0. The summed E-state index contributed by atoms with van der Waals surface area (Å²) in [6.45, 7) is 2.15. The Balaban J connectivity index is 2.63. The molecule has 84 valence electrons. The lowest BCUT2D eigenvalue weighted by atomic mass is 10.2. The van der Waals surface area contributed by atoms with Gasteiger partial charge in [-0.2, -0.15) is 0 Å². The van der Waals surface area contributed by atoms with Crippen LogP contribution in [-0.2, 0) is 9.53 Å². The van der Waals surface area contributed by atoms with E-state index in [2.05, 4.69) is 27.8 Å². The molecule has 0 atom stereocenters. The van der Waals surface area contributed by atoms with Gasteiger partial charge in [-0.05, 0) is 41.1 Å². The molecule has 0 fully saturated rings. The zero-order valence-corrected chi connectivity index (χ0v) is 11.1. The molecule has 0 saturated heterocycles. The fourth-order valence-electron chi connectivity index (χ4n) is 1.00. The van der Waals surface area contributed by atoms with Crippen molar-refractivity contribution in [2.24, 2.45) is 0 Å². The number of hydrogen-bond donors (Lipinski definition) is 0. The van der Waals surface area contributed by atoms with Crippen LogP contribution in [0, 0.1) is 11.8 Å². The first-order valence-corrected chi connectivity index (χ1v) is 5.90. The van der Waals surface area contributed by atoms with Crippen molar-refractivity contribution < 1.29 is 9.53 Å². The maximum atomic E-state index is 11.0.